The third-order valence-electron chi connectivity index (χ3n) is 4.60. The van der Waals surface area contributed by atoms with E-state index in [2.05, 4.69) is 36.7 Å². The molecule has 3 aromatic rings. The summed E-state index contributed by atoms with van der Waals surface area (Å²) >= 11 is 12.9. The Balaban J connectivity index is 2.28. The number of aromatic nitrogens is 3. The summed E-state index contributed by atoms with van der Waals surface area (Å²) in [5.74, 6) is 1.07. The van der Waals surface area contributed by atoms with Crippen molar-refractivity contribution in [3.63, 3.8) is 0 Å². The molecule has 3 rings (SSSR count). The number of aryl methyl sites for hydroxylation is 1. The normalized spacial score (nSPS) is 11.0. The second-order valence-corrected chi connectivity index (χ2v) is 7.43. The maximum absolute atomic E-state index is 9.11. The van der Waals surface area contributed by atoms with Crippen LogP contribution in [0.1, 0.15) is 44.9 Å². The van der Waals surface area contributed by atoms with Gasteiger partial charge in [0.05, 0.1) is 22.3 Å². The van der Waals surface area contributed by atoms with Crippen LogP contribution < -0.4 is 4.90 Å². The van der Waals surface area contributed by atoms with Crippen molar-refractivity contribution < 1.29 is 0 Å². The van der Waals surface area contributed by atoms with Gasteiger partial charge < -0.3 is 4.90 Å². The number of fused-ring (bicyclic) bond motifs is 1. The van der Waals surface area contributed by atoms with Crippen LogP contribution in [0.25, 0.3) is 16.9 Å². The van der Waals surface area contributed by atoms with E-state index in [1.54, 1.807) is 18.2 Å². The molecule has 0 saturated carbocycles. The monoisotopic (exact) mass is 415 g/mol. The molecule has 0 atom stereocenters. The third kappa shape index (κ3) is 3.80. The van der Waals surface area contributed by atoms with Crippen molar-refractivity contribution in [1.82, 2.24) is 14.4 Å². The molecule has 1 aromatic carbocycles. The summed E-state index contributed by atoms with van der Waals surface area (Å²) in [4.78, 5) is 11.8. The molecule has 0 N–H and O–H groups in total. The zero-order valence-corrected chi connectivity index (χ0v) is 17.8. The van der Waals surface area contributed by atoms with Crippen molar-refractivity contribution >= 4 is 34.7 Å². The predicted octanol–water partition coefficient (Wildman–Crippen LogP) is 5.76. The third-order valence-corrected chi connectivity index (χ3v) is 5.09. The van der Waals surface area contributed by atoms with Gasteiger partial charge in [0.2, 0.25) is 0 Å². The van der Waals surface area contributed by atoms with Crippen molar-refractivity contribution in [3.8, 4) is 17.3 Å². The van der Waals surface area contributed by atoms with Crippen LogP contribution in [0.2, 0.25) is 10.2 Å². The van der Waals surface area contributed by atoms with Gasteiger partial charge in [0.15, 0.2) is 5.65 Å². The lowest BCUT2D eigenvalue weighted by atomic mass is 10.1. The number of hydrogen-bond acceptors (Lipinski definition) is 4. The van der Waals surface area contributed by atoms with E-state index in [1.165, 1.54) is 0 Å². The van der Waals surface area contributed by atoms with Crippen LogP contribution in [0, 0.1) is 11.3 Å². The van der Waals surface area contributed by atoms with E-state index >= 15 is 0 Å². The van der Waals surface area contributed by atoms with E-state index in [-0.39, 0.29) is 0 Å². The van der Waals surface area contributed by atoms with Gasteiger partial charge in [-0.2, -0.15) is 5.26 Å². The van der Waals surface area contributed by atoms with Crippen LogP contribution in [0.15, 0.2) is 24.4 Å². The van der Waals surface area contributed by atoms with Gasteiger partial charge in [-0.3, -0.25) is 4.40 Å². The van der Waals surface area contributed by atoms with Gasteiger partial charge in [-0.05, 0) is 37.5 Å². The molecule has 2 aromatic heterocycles. The van der Waals surface area contributed by atoms with Crippen molar-refractivity contribution in [1.29, 1.82) is 5.26 Å². The highest BCUT2D eigenvalue weighted by Crippen LogP contribution is 2.34. The Morgan fingerprint density at radius 1 is 1.11 bits per heavy atom. The van der Waals surface area contributed by atoms with E-state index in [0.29, 0.717) is 27.0 Å². The molecule has 0 amide bonds. The molecule has 0 aliphatic rings. The largest absolute Gasteiger partial charge is 0.356 e. The molecule has 146 valence electrons. The summed E-state index contributed by atoms with van der Waals surface area (Å²) in [6.07, 6.45) is 4.71. The maximum Gasteiger partial charge on any atom is 0.165 e. The molecule has 5 nitrogen and oxygen atoms in total. The Morgan fingerprint density at radius 3 is 2.39 bits per heavy atom. The van der Waals surface area contributed by atoms with Gasteiger partial charge in [-0.25, -0.2) is 9.97 Å². The van der Waals surface area contributed by atoms with Crippen LogP contribution >= 0.6 is 23.2 Å². The van der Waals surface area contributed by atoms with Crippen LogP contribution in [0.3, 0.4) is 0 Å². The Bertz CT molecular complexity index is 1030. The zero-order valence-electron chi connectivity index (χ0n) is 16.3. The van der Waals surface area contributed by atoms with Crippen LogP contribution in [0.4, 0.5) is 5.82 Å². The van der Waals surface area contributed by atoms with Crippen molar-refractivity contribution in [3.05, 3.63) is 45.8 Å². The first-order chi connectivity index (χ1) is 13.5. The first kappa shape index (κ1) is 20.4. The summed E-state index contributed by atoms with van der Waals surface area (Å²) in [5.41, 5.74) is 3.57. The molecule has 2 heterocycles. The number of nitriles is 1. The SMILES string of the molecule is CCCN(CCC)c1c(CC)nc2c(-c3ccc(C#N)cc3Cl)nc(Cl)cn12. The molecule has 28 heavy (non-hydrogen) atoms. The molecular formula is C21H23Cl2N5. The van der Waals surface area contributed by atoms with Gasteiger partial charge in [-0.1, -0.05) is 44.0 Å². The van der Waals surface area contributed by atoms with Gasteiger partial charge in [0, 0.05) is 24.8 Å². The van der Waals surface area contributed by atoms with Gasteiger partial charge in [0.1, 0.15) is 16.7 Å². The fourth-order valence-electron chi connectivity index (χ4n) is 3.45. The minimum absolute atomic E-state index is 0.372. The molecule has 0 aliphatic heterocycles. The fourth-order valence-corrected chi connectivity index (χ4v) is 3.90. The molecule has 0 fully saturated rings. The average Bonchev–Trinajstić information content (AvgIpc) is 3.05. The standard InChI is InChI=1S/C21H23Cl2N5/c1-4-9-27(10-5-2)21-17(6-3)25-20-19(26-18(23)13-28(20)21)15-8-7-14(12-24)11-16(15)22/h7-8,11,13H,4-6,9-10H2,1-3H3. The number of rotatable bonds is 7. The quantitative estimate of drug-likeness (QED) is 0.491. The molecule has 0 radical (unpaired) electrons. The molecule has 0 saturated heterocycles. The minimum atomic E-state index is 0.372. The first-order valence-electron chi connectivity index (χ1n) is 9.56. The van der Waals surface area contributed by atoms with Crippen LogP contribution in [0.5, 0.6) is 0 Å². The van der Waals surface area contributed by atoms with E-state index in [0.717, 1.165) is 49.5 Å². The second-order valence-electron chi connectivity index (χ2n) is 6.63. The number of imidazole rings is 1. The number of hydrogen-bond donors (Lipinski definition) is 0. The van der Waals surface area contributed by atoms with E-state index in [9.17, 15) is 0 Å². The second kappa shape index (κ2) is 8.81. The molecule has 0 spiro atoms. The molecule has 0 unspecified atom stereocenters. The average molecular weight is 416 g/mol. The molecule has 0 bridgehead atoms. The van der Waals surface area contributed by atoms with Crippen molar-refractivity contribution in [2.45, 2.75) is 40.0 Å². The van der Waals surface area contributed by atoms with Crippen LogP contribution in [-0.4, -0.2) is 27.5 Å². The van der Waals surface area contributed by atoms with Crippen molar-refractivity contribution in [2.75, 3.05) is 18.0 Å². The number of nitrogens with zero attached hydrogens (tertiary/aromatic N) is 5. The van der Waals surface area contributed by atoms with Crippen molar-refractivity contribution in [2.24, 2.45) is 0 Å². The Morgan fingerprint density at radius 2 is 1.82 bits per heavy atom. The topological polar surface area (TPSA) is 57.2 Å². The van der Waals surface area contributed by atoms with E-state index in [1.807, 2.05) is 10.6 Å². The lowest BCUT2D eigenvalue weighted by Crippen LogP contribution is -2.27. The molecular weight excluding hydrogens is 393 g/mol. The predicted molar refractivity (Wildman–Crippen MR) is 115 cm³/mol. The zero-order chi connectivity index (χ0) is 20.3. The maximum atomic E-state index is 9.11. The van der Waals surface area contributed by atoms with E-state index in [4.69, 9.17) is 33.4 Å². The van der Waals surface area contributed by atoms with Crippen LogP contribution in [-0.2, 0) is 6.42 Å². The van der Waals surface area contributed by atoms with E-state index < -0.39 is 0 Å². The highest BCUT2D eigenvalue weighted by molar-refractivity contribution is 6.33. The lowest BCUT2D eigenvalue weighted by molar-refractivity contribution is 0.725. The Hall–Kier alpha value is -2.29. The summed E-state index contributed by atoms with van der Waals surface area (Å²) in [5, 5.41) is 9.93. The Kier molecular flexibility index (Phi) is 6.43. The van der Waals surface area contributed by atoms with Gasteiger partial charge in [-0.15, -0.1) is 0 Å². The highest BCUT2D eigenvalue weighted by Gasteiger charge is 2.21. The summed E-state index contributed by atoms with van der Waals surface area (Å²) in [7, 11) is 0. The lowest BCUT2D eigenvalue weighted by Gasteiger charge is -2.24. The Labute approximate surface area is 175 Å². The number of benzene rings is 1. The minimum Gasteiger partial charge on any atom is -0.356 e. The van der Waals surface area contributed by atoms with Gasteiger partial charge in [0.25, 0.3) is 0 Å². The molecule has 7 heteroatoms. The smallest absolute Gasteiger partial charge is 0.165 e. The fraction of sp³-hybridized carbons (Fsp3) is 0.381. The number of halogens is 2. The highest BCUT2D eigenvalue weighted by atomic mass is 35.5. The van der Waals surface area contributed by atoms with Gasteiger partial charge >= 0.3 is 0 Å². The summed E-state index contributed by atoms with van der Waals surface area (Å²) in [6, 6.07) is 7.27. The molecule has 0 aliphatic carbocycles. The summed E-state index contributed by atoms with van der Waals surface area (Å²) < 4.78 is 2.03. The summed E-state index contributed by atoms with van der Waals surface area (Å²) in [6.45, 7) is 8.34. The first-order valence-corrected chi connectivity index (χ1v) is 10.3. The number of anilines is 1.